The molecule has 0 amide bonds. The van der Waals surface area contributed by atoms with Crippen molar-refractivity contribution in [1.29, 1.82) is 0 Å². The molecule has 2 atom stereocenters. The highest BCUT2D eigenvalue weighted by Crippen LogP contribution is 2.51. The zero-order valence-corrected chi connectivity index (χ0v) is 9.51. The summed E-state index contributed by atoms with van der Waals surface area (Å²) in [5.74, 6) is 1.77. The Kier molecular flexibility index (Phi) is 2.62. The molecular formula is C14H20. The summed E-state index contributed by atoms with van der Waals surface area (Å²) < 4.78 is 0. The predicted molar refractivity (Wildman–Crippen MR) is 62.1 cm³/mol. The molecule has 0 aromatic carbocycles. The molecular weight excluding hydrogens is 168 g/mol. The van der Waals surface area contributed by atoms with Gasteiger partial charge in [0.15, 0.2) is 0 Å². The maximum Gasteiger partial charge on any atom is -0.0157 e. The van der Waals surface area contributed by atoms with Crippen LogP contribution in [0.25, 0.3) is 0 Å². The van der Waals surface area contributed by atoms with Crippen molar-refractivity contribution in [3.63, 3.8) is 0 Å². The minimum absolute atomic E-state index is 0.876. The summed E-state index contributed by atoms with van der Waals surface area (Å²) in [7, 11) is 0. The molecule has 0 N–H and O–H groups in total. The van der Waals surface area contributed by atoms with Crippen LogP contribution in [-0.2, 0) is 0 Å². The topological polar surface area (TPSA) is 0 Å². The molecule has 0 aromatic heterocycles. The van der Waals surface area contributed by atoms with Crippen LogP contribution in [0.1, 0.15) is 40.0 Å². The van der Waals surface area contributed by atoms with E-state index in [1.165, 1.54) is 24.8 Å². The van der Waals surface area contributed by atoms with Crippen LogP contribution in [0.2, 0.25) is 0 Å². The van der Waals surface area contributed by atoms with Crippen LogP contribution in [0.4, 0.5) is 0 Å². The van der Waals surface area contributed by atoms with E-state index in [4.69, 9.17) is 0 Å². The van der Waals surface area contributed by atoms with Crippen molar-refractivity contribution in [3.8, 4) is 0 Å². The second kappa shape index (κ2) is 3.76. The molecule has 76 valence electrons. The standard InChI is InChI=1S/C14H20/c1-4-10(3)6-12-8-13-9-14(12)7-11(13)5-2/h4-6,13-14H,7-9H2,1-3H3. The molecule has 0 saturated heterocycles. The van der Waals surface area contributed by atoms with E-state index in [0.717, 1.165) is 11.8 Å². The van der Waals surface area contributed by atoms with Gasteiger partial charge in [0.25, 0.3) is 0 Å². The van der Waals surface area contributed by atoms with Gasteiger partial charge in [0, 0.05) is 0 Å². The molecule has 0 aliphatic heterocycles. The first-order chi connectivity index (χ1) is 6.74. The second-order valence-electron chi connectivity index (χ2n) is 4.65. The third-order valence-electron chi connectivity index (χ3n) is 3.82. The molecule has 2 unspecified atom stereocenters. The summed E-state index contributed by atoms with van der Waals surface area (Å²) >= 11 is 0. The van der Waals surface area contributed by atoms with Crippen LogP contribution in [0, 0.1) is 11.8 Å². The summed E-state index contributed by atoms with van der Waals surface area (Å²) in [5.41, 5.74) is 4.84. The van der Waals surface area contributed by atoms with E-state index in [1.807, 2.05) is 0 Å². The maximum absolute atomic E-state index is 2.41. The Hall–Kier alpha value is -0.780. The van der Waals surface area contributed by atoms with Crippen molar-refractivity contribution >= 4 is 0 Å². The highest BCUT2D eigenvalue weighted by Gasteiger charge is 2.38. The molecule has 0 spiro atoms. The van der Waals surface area contributed by atoms with Crippen molar-refractivity contribution in [2.24, 2.45) is 11.8 Å². The largest absolute Gasteiger partial charge is 0.0881 e. The van der Waals surface area contributed by atoms with Gasteiger partial charge in [-0.2, -0.15) is 0 Å². The zero-order valence-electron chi connectivity index (χ0n) is 9.51. The van der Waals surface area contributed by atoms with Gasteiger partial charge in [-0.1, -0.05) is 34.9 Å². The number of rotatable bonds is 1. The van der Waals surface area contributed by atoms with E-state index in [9.17, 15) is 0 Å². The summed E-state index contributed by atoms with van der Waals surface area (Å²) in [5, 5.41) is 0. The minimum atomic E-state index is 0.876. The fourth-order valence-electron chi connectivity index (χ4n) is 2.88. The van der Waals surface area contributed by atoms with Gasteiger partial charge in [0.1, 0.15) is 0 Å². The van der Waals surface area contributed by atoms with Crippen LogP contribution in [-0.4, -0.2) is 0 Å². The van der Waals surface area contributed by atoms with Crippen molar-refractivity contribution in [2.45, 2.75) is 40.0 Å². The Balaban J connectivity index is 2.14. The van der Waals surface area contributed by atoms with Gasteiger partial charge < -0.3 is 0 Å². The molecule has 2 bridgehead atoms. The lowest BCUT2D eigenvalue weighted by Crippen LogP contribution is -2.01. The molecule has 0 aromatic rings. The van der Waals surface area contributed by atoms with Crippen molar-refractivity contribution in [1.82, 2.24) is 0 Å². The number of allylic oxidation sites excluding steroid dienone is 6. The van der Waals surface area contributed by atoms with Crippen molar-refractivity contribution in [3.05, 3.63) is 34.9 Å². The van der Waals surface area contributed by atoms with Crippen molar-refractivity contribution < 1.29 is 0 Å². The number of fused-ring (bicyclic) bond motifs is 2. The normalized spacial score (nSPS) is 37.5. The van der Waals surface area contributed by atoms with Crippen LogP contribution in [0.15, 0.2) is 34.9 Å². The maximum atomic E-state index is 2.41. The van der Waals surface area contributed by atoms with E-state index in [-0.39, 0.29) is 0 Å². The monoisotopic (exact) mass is 188 g/mol. The average Bonchev–Trinajstić information content (AvgIpc) is 2.75. The third-order valence-corrected chi connectivity index (χ3v) is 3.82. The summed E-state index contributed by atoms with van der Waals surface area (Å²) in [6.45, 7) is 6.52. The molecule has 0 radical (unpaired) electrons. The first-order valence-corrected chi connectivity index (χ1v) is 5.73. The average molecular weight is 188 g/mol. The predicted octanol–water partition coefficient (Wildman–Crippen LogP) is 4.26. The fourth-order valence-corrected chi connectivity index (χ4v) is 2.88. The number of hydrogen-bond acceptors (Lipinski definition) is 0. The van der Waals surface area contributed by atoms with Gasteiger partial charge in [0.2, 0.25) is 0 Å². The molecule has 0 heteroatoms. The molecule has 2 fully saturated rings. The molecule has 2 rings (SSSR count). The third kappa shape index (κ3) is 1.58. The van der Waals surface area contributed by atoms with Crippen LogP contribution >= 0.6 is 0 Å². The zero-order chi connectivity index (χ0) is 10.1. The second-order valence-corrected chi connectivity index (χ2v) is 4.65. The Labute approximate surface area is 87.4 Å². The Bertz CT molecular complexity index is 315. The molecule has 2 saturated carbocycles. The molecule has 14 heavy (non-hydrogen) atoms. The summed E-state index contributed by atoms with van der Waals surface area (Å²) in [6.07, 6.45) is 11.0. The smallest absolute Gasteiger partial charge is 0.0157 e. The van der Waals surface area contributed by atoms with Gasteiger partial charge in [0.05, 0.1) is 0 Å². The van der Waals surface area contributed by atoms with E-state index in [2.05, 4.69) is 39.0 Å². The Morgan fingerprint density at radius 2 is 1.79 bits per heavy atom. The summed E-state index contributed by atoms with van der Waals surface area (Å²) in [6, 6.07) is 0. The first kappa shape index (κ1) is 9.76. The fraction of sp³-hybridized carbons (Fsp3) is 0.571. The highest BCUT2D eigenvalue weighted by atomic mass is 14.4. The van der Waals surface area contributed by atoms with Gasteiger partial charge in [-0.05, 0) is 51.9 Å². The van der Waals surface area contributed by atoms with Gasteiger partial charge in [-0.3, -0.25) is 0 Å². The quantitative estimate of drug-likeness (QED) is 0.539. The SMILES string of the molecule is CC=C(C)C=C1CC2CC1CC2=CC. The lowest BCUT2D eigenvalue weighted by atomic mass is 9.89. The summed E-state index contributed by atoms with van der Waals surface area (Å²) in [4.78, 5) is 0. The van der Waals surface area contributed by atoms with E-state index < -0.39 is 0 Å². The lowest BCUT2D eigenvalue weighted by Gasteiger charge is -2.16. The molecule has 0 nitrogen and oxygen atoms in total. The van der Waals surface area contributed by atoms with E-state index >= 15 is 0 Å². The molecule has 0 heterocycles. The lowest BCUT2D eigenvalue weighted by molar-refractivity contribution is 0.686. The van der Waals surface area contributed by atoms with Crippen LogP contribution in [0.5, 0.6) is 0 Å². The van der Waals surface area contributed by atoms with Crippen LogP contribution < -0.4 is 0 Å². The number of hydrogen-bond donors (Lipinski definition) is 0. The minimum Gasteiger partial charge on any atom is -0.0881 e. The van der Waals surface area contributed by atoms with Crippen LogP contribution in [0.3, 0.4) is 0 Å². The molecule has 2 aliphatic rings. The first-order valence-electron chi connectivity index (χ1n) is 5.73. The Morgan fingerprint density at radius 1 is 1.14 bits per heavy atom. The molecule has 2 aliphatic carbocycles. The van der Waals surface area contributed by atoms with Gasteiger partial charge in [-0.25, -0.2) is 0 Å². The highest BCUT2D eigenvalue weighted by molar-refractivity contribution is 5.33. The van der Waals surface area contributed by atoms with E-state index in [0.29, 0.717) is 0 Å². The Morgan fingerprint density at radius 3 is 2.29 bits per heavy atom. The van der Waals surface area contributed by atoms with Crippen molar-refractivity contribution in [2.75, 3.05) is 0 Å². The van der Waals surface area contributed by atoms with E-state index in [1.54, 1.807) is 11.1 Å². The van der Waals surface area contributed by atoms with Gasteiger partial charge in [-0.15, -0.1) is 0 Å². The van der Waals surface area contributed by atoms with Gasteiger partial charge >= 0.3 is 0 Å².